The zero-order valence-corrected chi connectivity index (χ0v) is 12.6. The Morgan fingerprint density at radius 2 is 2.14 bits per heavy atom. The maximum Gasteiger partial charge on any atom is 0.215 e. The van der Waals surface area contributed by atoms with E-state index in [1.54, 1.807) is 36.8 Å². The standard InChI is InChI=1S/C14H20N4O2S/c15-14-5-3-4-13(10-14)11-21(19,20)17-6-1-2-8-18-9-7-16-12-18/h3-5,7,9-10,12,17H,1-2,6,8,11,15H2. The van der Waals surface area contributed by atoms with Gasteiger partial charge in [-0.1, -0.05) is 12.1 Å². The van der Waals surface area contributed by atoms with Crippen LogP contribution in [0.4, 0.5) is 5.69 Å². The van der Waals surface area contributed by atoms with Crippen LogP contribution in [0.15, 0.2) is 43.0 Å². The average Bonchev–Trinajstić information content (AvgIpc) is 2.90. The van der Waals surface area contributed by atoms with Crippen LogP contribution in [-0.2, 0) is 22.3 Å². The van der Waals surface area contributed by atoms with Crippen molar-refractivity contribution in [3.8, 4) is 0 Å². The predicted octanol–water partition coefficient (Wildman–Crippen LogP) is 1.37. The third-order valence-corrected chi connectivity index (χ3v) is 4.39. The summed E-state index contributed by atoms with van der Waals surface area (Å²) in [5.41, 5.74) is 6.91. The molecule has 0 aliphatic carbocycles. The molecule has 0 fully saturated rings. The smallest absolute Gasteiger partial charge is 0.215 e. The molecule has 2 aromatic rings. The third kappa shape index (κ3) is 5.57. The number of sulfonamides is 1. The van der Waals surface area contributed by atoms with E-state index >= 15 is 0 Å². The molecule has 0 spiro atoms. The molecule has 1 aromatic carbocycles. The normalized spacial score (nSPS) is 11.6. The molecule has 6 nitrogen and oxygen atoms in total. The highest BCUT2D eigenvalue weighted by molar-refractivity contribution is 7.88. The summed E-state index contributed by atoms with van der Waals surface area (Å²) in [6, 6.07) is 6.93. The van der Waals surface area contributed by atoms with E-state index < -0.39 is 10.0 Å². The van der Waals surface area contributed by atoms with Crippen LogP contribution in [0.25, 0.3) is 0 Å². The molecule has 1 heterocycles. The summed E-state index contributed by atoms with van der Waals surface area (Å²) >= 11 is 0. The number of hydrogen-bond donors (Lipinski definition) is 2. The lowest BCUT2D eigenvalue weighted by Gasteiger charge is -2.07. The van der Waals surface area contributed by atoms with Crippen molar-refractivity contribution >= 4 is 15.7 Å². The molecule has 0 bridgehead atoms. The fourth-order valence-corrected chi connectivity index (χ4v) is 3.20. The number of aromatic nitrogens is 2. The minimum Gasteiger partial charge on any atom is -0.399 e. The van der Waals surface area contributed by atoms with Crippen LogP contribution in [0, 0.1) is 0 Å². The van der Waals surface area contributed by atoms with E-state index in [2.05, 4.69) is 9.71 Å². The summed E-state index contributed by atoms with van der Waals surface area (Å²) in [7, 11) is -3.31. The van der Waals surface area contributed by atoms with Gasteiger partial charge in [0.05, 0.1) is 12.1 Å². The first-order valence-electron chi connectivity index (χ1n) is 6.83. The second kappa shape index (κ2) is 7.24. The summed E-state index contributed by atoms with van der Waals surface area (Å²) in [5.74, 6) is -0.0421. The highest BCUT2D eigenvalue weighted by Gasteiger charge is 2.10. The molecule has 0 aliphatic rings. The molecule has 0 atom stereocenters. The number of aryl methyl sites for hydroxylation is 1. The van der Waals surface area contributed by atoms with Crippen LogP contribution in [0.3, 0.4) is 0 Å². The van der Waals surface area contributed by atoms with Crippen molar-refractivity contribution in [3.63, 3.8) is 0 Å². The summed E-state index contributed by atoms with van der Waals surface area (Å²) in [5, 5.41) is 0. The van der Waals surface area contributed by atoms with Crippen molar-refractivity contribution in [3.05, 3.63) is 48.5 Å². The van der Waals surface area contributed by atoms with E-state index in [9.17, 15) is 8.42 Å². The summed E-state index contributed by atoms with van der Waals surface area (Å²) in [6.07, 6.45) is 7.06. The lowest BCUT2D eigenvalue weighted by atomic mass is 10.2. The number of benzene rings is 1. The van der Waals surface area contributed by atoms with Crippen LogP contribution >= 0.6 is 0 Å². The van der Waals surface area contributed by atoms with Crippen LogP contribution < -0.4 is 10.5 Å². The molecular formula is C14H20N4O2S. The van der Waals surface area contributed by atoms with E-state index in [4.69, 9.17) is 5.73 Å². The number of nitrogen functional groups attached to an aromatic ring is 1. The number of hydrogen-bond acceptors (Lipinski definition) is 4. The highest BCUT2D eigenvalue weighted by atomic mass is 32.2. The van der Waals surface area contributed by atoms with Gasteiger partial charge in [0, 0.05) is 31.2 Å². The third-order valence-electron chi connectivity index (χ3n) is 3.03. The van der Waals surface area contributed by atoms with Crippen LogP contribution in [0.1, 0.15) is 18.4 Å². The first-order valence-corrected chi connectivity index (χ1v) is 8.48. The molecule has 0 saturated carbocycles. The predicted molar refractivity (Wildman–Crippen MR) is 82.9 cm³/mol. The lowest BCUT2D eigenvalue weighted by molar-refractivity contribution is 0.565. The molecule has 0 saturated heterocycles. The van der Waals surface area contributed by atoms with Gasteiger partial charge >= 0.3 is 0 Å². The van der Waals surface area contributed by atoms with Gasteiger partial charge < -0.3 is 10.3 Å². The number of unbranched alkanes of at least 4 members (excludes halogenated alkanes) is 1. The highest BCUT2D eigenvalue weighted by Crippen LogP contribution is 2.09. The van der Waals surface area contributed by atoms with Crippen molar-refractivity contribution in [1.29, 1.82) is 0 Å². The molecule has 0 amide bonds. The van der Waals surface area contributed by atoms with Crippen molar-refractivity contribution < 1.29 is 8.42 Å². The average molecular weight is 308 g/mol. The summed E-state index contributed by atoms with van der Waals surface area (Å²) in [4.78, 5) is 3.96. The second-order valence-corrected chi connectivity index (χ2v) is 6.71. The molecule has 2 rings (SSSR count). The molecular weight excluding hydrogens is 288 g/mol. The number of nitrogens with two attached hydrogens (primary N) is 1. The number of anilines is 1. The van der Waals surface area contributed by atoms with Crippen LogP contribution in [0.5, 0.6) is 0 Å². The Balaban J connectivity index is 1.71. The monoisotopic (exact) mass is 308 g/mol. The fourth-order valence-electron chi connectivity index (χ4n) is 2.02. The fraction of sp³-hybridized carbons (Fsp3) is 0.357. The first-order chi connectivity index (χ1) is 10.1. The Kier molecular flexibility index (Phi) is 5.35. The molecule has 1 aromatic heterocycles. The molecule has 0 aliphatic heterocycles. The van der Waals surface area contributed by atoms with Crippen molar-refractivity contribution in [2.75, 3.05) is 12.3 Å². The van der Waals surface area contributed by atoms with Gasteiger partial charge in [0.1, 0.15) is 0 Å². The maximum absolute atomic E-state index is 11.9. The van der Waals surface area contributed by atoms with E-state index in [0.717, 1.165) is 19.4 Å². The maximum atomic E-state index is 11.9. The van der Waals surface area contributed by atoms with Gasteiger partial charge in [-0.3, -0.25) is 0 Å². The summed E-state index contributed by atoms with van der Waals surface area (Å²) in [6.45, 7) is 1.29. The Labute approximate surface area is 125 Å². The molecule has 0 unspecified atom stereocenters. The Hall–Kier alpha value is -1.86. The first kappa shape index (κ1) is 15.5. The number of rotatable bonds is 8. The molecule has 3 N–H and O–H groups in total. The topological polar surface area (TPSA) is 90.0 Å². The molecule has 7 heteroatoms. The van der Waals surface area contributed by atoms with Crippen molar-refractivity contribution in [1.82, 2.24) is 14.3 Å². The van der Waals surface area contributed by atoms with Gasteiger partial charge in [-0.25, -0.2) is 18.1 Å². The summed E-state index contributed by atoms with van der Waals surface area (Å²) < 4.78 is 28.5. The number of nitrogens with one attached hydrogen (secondary N) is 1. The van der Waals surface area contributed by atoms with Gasteiger partial charge in [-0.2, -0.15) is 0 Å². The van der Waals surface area contributed by atoms with E-state index in [0.29, 0.717) is 17.8 Å². The second-order valence-electron chi connectivity index (χ2n) is 4.91. The minimum atomic E-state index is -3.31. The quantitative estimate of drug-likeness (QED) is 0.569. The zero-order chi connectivity index (χ0) is 15.1. The van der Waals surface area contributed by atoms with E-state index in [-0.39, 0.29) is 5.75 Å². The Morgan fingerprint density at radius 3 is 2.86 bits per heavy atom. The number of imidazole rings is 1. The molecule has 21 heavy (non-hydrogen) atoms. The molecule has 114 valence electrons. The van der Waals surface area contributed by atoms with Crippen molar-refractivity contribution in [2.45, 2.75) is 25.1 Å². The van der Waals surface area contributed by atoms with Crippen molar-refractivity contribution in [2.24, 2.45) is 0 Å². The van der Waals surface area contributed by atoms with Crippen LogP contribution in [-0.4, -0.2) is 24.5 Å². The molecule has 0 radical (unpaired) electrons. The van der Waals surface area contributed by atoms with Gasteiger partial charge in [0.15, 0.2) is 0 Å². The van der Waals surface area contributed by atoms with Gasteiger partial charge in [-0.05, 0) is 30.5 Å². The largest absolute Gasteiger partial charge is 0.399 e. The zero-order valence-electron chi connectivity index (χ0n) is 11.8. The van der Waals surface area contributed by atoms with Crippen LogP contribution in [0.2, 0.25) is 0 Å². The number of nitrogens with zero attached hydrogens (tertiary/aromatic N) is 2. The van der Waals surface area contributed by atoms with Gasteiger partial charge in [0.2, 0.25) is 10.0 Å². The van der Waals surface area contributed by atoms with E-state index in [1.165, 1.54) is 0 Å². The van der Waals surface area contributed by atoms with Gasteiger partial charge in [-0.15, -0.1) is 0 Å². The Bertz CT molecular complexity index is 653. The minimum absolute atomic E-state index is 0.0421. The lowest BCUT2D eigenvalue weighted by Crippen LogP contribution is -2.26. The Morgan fingerprint density at radius 1 is 1.29 bits per heavy atom. The van der Waals surface area contributed by atoms with Gasteiger partial charge in [0.25, 0.3) is 0 Å². The van der Waals surface area contributed by atoms with E-state index in [1.807, 2.05) is 10.8 Å². The SMILES string of the molecule is Nc1cccc(CS(=O)(=O)NCCCCn2ccnc2)c1.